The number of carbonyl (C=O) groups excluding carboxylic acids is 1. The Hall–Kier alpha value is -3.06. The van der Waals surface area contributed by atoms with Gasteiger partial charge in [0.15, 0.2) is 0 Å². The standard InChI is InChI=1S/C18H13ClF2N4O/c1-10-5-6-11(19)7-14(10)24-16-8-15(22-9-23-16)18(26)25-17-12(20)3-2-4-13(17)21/h2-9H,1H3,(H,25,26)(H,22,23,24). The number of rotatable bonds is 4. The van der Waals surface area contributed by atoms with Crippen LogP contribution in [0, 0.1) is 18.6 Å². The third-order valence-electron chi connectivity index (χ3n) is 3.56. The van der Waals surface area contributed by atoms with Crippen LogP contribution in [-0.4, -0.2) is 15.9 Å². The molecule has 0 bridgehead atoms. The van der Waals surface area contributed by atoms with Gasteiger partial charge in [0, 0.05) is 16.8 Å². The van der Waals surface area contributed by atoms with E-state index in [1.807, 2.05) is 13.0 Å². The lowest BCUT2D eigenvalue weighted by atomic mass is 10.2. The highest BCUT2D eigenvalue weighted by Gasteiger charge is 2.15. The van der Waals surface area contributed by atoms with Gasteiger partial charge in [0.25, 0.3) is 5.91 Å². The summed E-state index contributed by atoms with van der Waals surface area (Å²) >= 11 is 5.98. The molecule has 0 radical (unpaired) electrons. The van der Waals surface area contributed by atoms with Crippen molar-refractivity contribution in [2.24, 2.45) is 0 Å². The Kier molecular flexibility index (Phi) is 5.09. The maximum absolute atomic E-state index is 13.7. The summed E-state index contributed by atoms with van der Waals surface area (Å²) in [5, 5.41) is 5.75. The summed E-state index contributed by atoms with van der Waals surface area (Å²) in [6.45, 7) is 1.88. The molecular weight excluding hydrogens is 362 g/mol. The Morgan fingerprint density at radius 1 is 1.08 bits per heavy atom. The van der Waals surface area contributed by atoms with E-state index in [9.17, 15) is 13.6 Å². The van der Waals surface area contributed by atoms with Crippen molar-refractivity contribution in [1.82, 2.24) is 9.97 Å². The van der Waals surface area contributed by atoms with E-state index < -0.39 is 23.2 Å². The molecular formula is C18H13ClF2N4O. The quantitative estimate of drug-likeness (QED) is 0.694. The second-order valence-electron chi connectivity index (χ2n) is 5.42. The molecule has 1 amide bonds. The number of aryl methyl sites for hydroxylation is 1. The van der Waals surface area contributed by atoms with Crippen LogP contribution in [-0.2, 0) is 0 Å². The zero-order valence-corrected chi connectivity index (χ0v) is 14.3. The lowest BCUT2D eigenvalue weighted by Crippen LogP contribution is -2.16. The van der Waals surface area contributed by atoms with Crippen LogP contribution in [0.1, 0.15) is 16.1 Å². The van der Waals surface area contributed by atoms with Gasteiger partial charge in [-0.05, 0) is 36.8 Å². The van der Waals surface area contributed by atoms with Crippen molar-refractivity contribution >= 4 is 34.7 Å². The van der Waals surface area contributed by atoms with Crippen LogP contribution in [0.25, 0.3) is 0 Å². The van der Waals surface area contributed by atoms with Crippen LogP contribution in [0.4, 0.5) is 26.0 Å². The number of amides is 1. The monoisotopic (exact) mass is 374 g/mol. The minimum Gasteiger partial charge on any atom is -0.340 e. The van der Waals surface area contributed by atoms with Crippen LogP contribution >= 0.6 is 11.6 Å². The molecule has 0 aliphatic carbocycles. The minimum atomic E-state index is -0.875. The highest BCUT2D eigenvalue weighted by atomic mass is 35.5. The van der Waals surface area contributed by atoms with Crippen molar-refractivity contribution in [3.05, 3.63) is 76.7 Å². The second kappa shape index (κ2) is 7.45. The molecule has 0 aliphatic heterocycles. The molecule has 2 aromatic carbocycles. The lowest BCUT2D eigenvalue weighted by Gasteiger charge is -2.10. The number of benzene rings is 2. The fourth-order valence-electron chi connectivity index (χ4n) is 2.21. The molecule has 0 unspecified atom stereocenters. The van der Waals surface area contributed by atoms with Crippen LogP contribution in [0.5, 0.6) is 0 Å². The summed E-state index contributed by atoms with van der Waals surface area (Å²) in [5.74, 6) is -2.17. The van der Waals surface area contributed by atoms with E-state index in [2.05, 4.69) is 20.6 Å². The van der Waals surface area contributed by atoms with Gasteiger partial charge in [-0.2, -0.15) is 0 Å². The van der Waals surface area contributed by atoms with E-state index in [-0.39, 0.29) is 5.69 Å². The summed E-state index contributed by atoms with van der Waals surface area (Å²) in [4.78, 5) is 20.1. The molecule has 0 saturated heterocycles. The smallest absolute Gasteiger partial charge is 0.274 e. The van der Waals surface area contributed by atoms with Gasteiger partial charge in [-0.1, -0.05) is 23.7 Å². The number of para-hydroxylation sites is 1. The zero-order chi connectivity index (χ0) is 18.7. The van der Waals surface area contributed by atoms with Gasteiger partial charge < -0.3 is 10.6 Å². The number of aromatic nitrogens is 2. The van der Waals surface area contributed by atoms with Crippen molar-refractivity contribution in [3.63, 3.8) is 0 Å². The highest BCUT2D eigenvalue weighted by Crippen LogP contribution is 2.24. The fraction of sp³-hybridized carbons (Fsp3) is 0.0556. The molecule has 1 heterocycles. The van der Waals surface area contributed by atoms with E-state index in [4.69, 9.17) is 11.6 Å². The first kappa shape index (κ1) is 17.8. The minimum absolute atomic E-state index is 0.0511. The fourth-order valence-corrected chi connectivity index (χ4v) is 2.38. The summed E-state index contributed by atoms with van der Waals surface area (Å²) in [6.07, 6.45) is 1.18. The van der Waals surface area contributed by atoms with Gasteiger partial charge in [0.2, 0.25) is 0 Å². The van der Waals surface area contributed by atoms with Crippen LogP contribution in [0.3, 0.4) is 0 Å². The number of anilines is 3. The average molecular weight is 375 g/mol. The molecule has 2 N–H and O–H groups in total. The van der Waals surface area contributed by atoms with Crippen LogP contribution < -0.4 is 10.6 Å². The first-order chi connectivity index (χ1) is 12.4. The van der Waals surface area contributed by atoms with E-state index in [0.717, 1.165) is 17.7 Å². The molecule has 0 fully saturated rings. The third kappa shape index (κ3) is 3.94. The maximum Gasteiger partial charge on any atom is 0.274 e. The zero-order valence-electron chi connectivity index (χ0n) is 13.6. The molecule has 5 nitrogen and oxygen atoms in total. The van der Waals surface area contributed by atoms with Crippen molar-refractivity contribution < 1.29 is 13.6 Å². The molecule has 8 heteroatoms. The van der Waals surface area contributed by atoms with E-state index in [1.54, 1.807) is 12.1 Å². The number of nitrogens with zero attached hydrogens (tertiary/aromatic N) is 2. The Labute approximate surface area is 153 Å². The normalized spacial score (nSPS) is 10.5. The largest absolute Gasteiger partial charge is 0.340 e. The van der Waals surface area contributed by atoms with Gasteiger partial charge in [-0.25, -0.2) is 18.7 Å². The van der Waals surface area contributed by atoms with Crippen molar-refractivity contribution in [2.75, 3.05) is 10.6 Å². The molecule has 3 rings (SSSR count). The Balaban J connectivity index is 1.83. The molecule has 0 aliphatic rings. The molecule has 132 valence electrons. The first-order valence-corrected chi connectivity index (χ1v) is 7.92. The lowest BCUT2D eigenvalue weighted by molar-refractivity contribution is 0.102. The van der Waals surface area contributed by atoms with Gasteiger partial charge in [-0.3, -0.25) is 4.79 Å². The number of hydrogen-bond acceptors (Lipinski definition) is 4. The molecule has 0 spiro atoms. The third-order valence-corrected chi connectivity index (χ3v) is 3.80. The highest BCUT2D eigenvalue weighted by molar-refractivity contribution is 6.30. The first-order valence-electron chi connectivity index (χ1n) is 7.54. The van der Waals surface area contributed by atoms with Crippen LogP contribution in [0.2, 0.25) is 5.02 Å². The molecule has 0 atom stereocenters. The number of carbonyl (C=O) groups is 1. The van der Waals surface area contributed by atoms with Gasteiger partial charge >= 0.3 is 0 Å². The summed E-state index contributed by atoms with van der Waals surface area (Å²) < 4.78 is 27.3. The summed E-state index contributed by atoms with van der Waals surface area (Å²) in [5.41, 5.74) is 1.05. The van der Waals surface area contributed by atoms with Gasteiger partial charge in [0.05, 0.1) is 0 Å². The maximum atomic E-state index is 13.7. The van der Waals surface area contributed by atoms with E-state index in [0.29, 0.717) is 16.5 Å². The summed E-state index contributed by atoms with van der Waals surface area (Å²) in [7, 11) is 0. The molecule has 26 heavy (non-hydrogen) atoms. The van der Waals surface area contributed by atoms with Crippen LogP contribution in [0.15, 0.2) is 48.8 Å². The van der Waals surface area contributed by atoms with Crippen molar-refractivity contribution in [1.29, 1.82) is 0 Å². The molecule has 0 saturated carbocycles. The van der Waals surface area contributed by atoms with E-state index in [1.165, 1.54) is 18.5 Å². The van der Waals surface area contributed by atoms with Gasteiger partial charge in [0.1, 0.15) is 35.2 Å². The second-order valence-corrected chi connectivity index (χ2v) is 5.86. The Morgan fingerprint density at radius 2 is 1.81 bits per heavy atom. The molecule has 1 aromatic heterocycles. The Morgan fingerprint density at radius 3 is 2.54 bits per heavy atom. The van der Waals surface area contributed by atoms with E-state index >= 15 is 0 Å². The van der Waals surface area contributed by atoms with Crippen molar-refractivity contribution in [2.45, 2.75) is 6.92 Å². The predicted octanol–water partition coefficient (Wildman–Crippen LogP) is 4.71. The Bertz CT molecular complexity index is 961. The number of hydrogen-bond donors (Lipinski definition) is 2. The average Bonchev–Trinajstić information content (AvgIpc) is 2.61. The topological polar surface area (TPSA) is 66.9 Å². The number of nitrogens with one attached hydrogen (secondary N) is 2. The van der Waals surface area contributed by atoms with Gasteiger partial charge in [-0.15, -0.1) is 0 Å². The molecule has 3 aromatic rings. The van der Waals surface area contributed by atoms with Crippen molar-refractivity contribution in [3.8, 4) is 0 Å². The summed E-state index contributed by atoms with van der Waals surface area (Å²) in [6, 6.07) is 9.98. The predicted molar refractivity (Wildman–Crippen MR) is 95.8 cm³/mol. The SMILES string of the molecule is Cc1ccc(Cl)cc1Nc1cc(C(=O)Nc2c(F)cccc2F)ncn1. The number of halogens is 3.